The summed E-state index contributed by atoms with van der Waals surface area (Å²) in [4.78, 5) is 11.9. The summed E-state index contributed by atoms with van der Waals surface area (Å²) in [5.74, 6) is 2.12. The van der Waals surface area contributed by atoms with Crippen molar-refractivity contribution in [2.75, 3.05) is 20.3 Å². The van der Waals surface area contributed by atoms with Crippen LogP contribution >= 0.6 is 0 Å². The fraction of sp³-hybridized carbons (Fsp3) is 0.292. The first-order valence-electron chi connectivity index (χ1n) is 9.98. The normalized spacial score (nSPS) is 12.9. The lowest BCUT2D eigenvalue weighted by molar-refractivity contribution is -0.154. The van der Waals surface area contributed by atoms with E-state index in [-0.39, 0.29) is 5.97 Å². The molecule has 6 heteroatoms. The second-order valence-corrected chi connectivity index (χ2v) is 6.91. The number of hydrogen-bond acceptors (Lipinski definition) is 6. The van der Waals surface area contributed by atoms with Crippen molar-refractivity contribution >= 4 is 11.5 Å². The van der Waals surface area contributed by atoms with E-state index in [1.807, 2.05) is 36.4 Å². The molecule has 2 aromatic heterocycles. The Kier molecular flexibility index (Phi) is 6.05. The van der Waals surface area contributed by atoms with E-state index in [1.165, 1.54) is 7.11 Å². The molecule has 6 nitrogen and oxygen atoms in total. The summed E-state index contributed by atoms with van der Waals surface area (Å²) in [7, 11) is 1.51. The summed E-state index contributed by atoms with van der Waals surface area (Å²) in [6, 6.07) is 11.6. The van der Waals surface area contributed by atoms with Crippen LogP contribution in [-0.4, -0.2) is 32.4 Å². The molecular weight excluding hydrogens is 384 g/mol. The van der Waals surface area contributed by atoms with E-state index >= 15 is 0 Å². The minimum Gasteiger partial charge on any atom is -0.493 e. The van der Waals surface area contributed by atoms with E-state index in [2.05, 4.69) is 6.08 Å². The molecule has 3 aromatic rings. The van der Waals surface area contributed by atoms with E-state index in [0.29, 0.717) is 26.1 Å². The van der Waals surface area contributed by atoms with Gasteiger partial charge in [-0.2, -0.15) is 0 Å². The zero-order valence-electron chi connectivity index (χ0n) is 17.1. The van der Waals surface area contributed by atoms with Crippen LogP contribution in [0.15, 0.2) is 63.8 Å². The summed E-state index contributed by atoms with van der Waals surface area (Å²) in [6.45, 7) is 2.64. The molecule has 0 spiro atoms. The van der Waals surface area contributed by atoms with Crippen LogP contribution in [0.1, 0.15) is 30.4 Å². The van der Waals surface area contributed by atoms with Crippen molar-refractivity contribution in [2.24, 2.45) is 0 Å². The smallest absolute Gasteiger partial charge is 0.335 e. The number of furan rings is 2. The first-order chi connectivity index (χ1) is 14.7. The number of hydrogen-bond donors (Lipinski definition) is 0. The highest BCUT2D eigenvalue weighted by Crippen LogP contribution is 2.45. The van der Waals surface area contributed by atoms with Crippen LogP contribution in [0, 0.1) is 0 Å². The van der Waals surface area contributed by atoms with Crippen molar-refractivity contribution in [3.63, 3.8) is 0 Å². The van der Waals surface area contributed by atoms with Crippen LogP contribution < -0.4 is 4.74 Å². The van der Waals surface area contributed by atoms with Gasteiger partial charge in [-0.1, -0.05) is 18.2 Å². The lowest BCUT2D eigenvalue weighted by Crippen LogP contribution is -2.27. The Bertz CT molecular complexity index is 982. The van der Waals surface area contributed by atoms with Crippen molar-refractivity contribution in [1.29, 1.82) is 0 Å². The highest BCUT2D eigenvalue weighted by Gasteiger charge is 2.29. The minimum atomic E-state index is -0.604. The van der Waals surface area contributed by atoms with Gasteiger partial charge in [-0.25, -0.2) is 4.79 Å². The van der Waals surface area contributed by atoms with Crippen LogP contribution in [0.5, 0.6) is 5.75 Å². The molecule has 1 aliphatic rings. The molecule has 1 atom stereocenters. The molecule has 1 unspecified atom stereocenters. The maximum absolute atomic E-state index is 11.9. The van der Waals surface area contributed by atoms with Gasteiger partial charge in [-0.15, -0.1) is 0 Å². The van der Waals surface area contributed by atoms with Crippen molar-refractivity contribution in [1.82, 2.24) is 0 Å². The number of carbonyl (C=O) groups is 1. The summed E-state index contributed by atoms with van der Waals surface area (Å²) in [5, 5.41) is 0. The van der Waals surface area contributed by atoms with Gasteiger partial charge >= 0.3 is 5.97 Å². The molecule has 0 fully saturated rings. The van der Waals surface area contributed by atoms with E-state index in [0.717, 1.165) is 39.5 Å². The molecule has 0 N–H and O–H groups in total. The molecule has 4 rings (SSSR count). The minimum absolute atomic E-state index is 0.337. The molecule has 156 valence electrons. The van der Waals surface area contributed by atoms with Gasteiger partial charge in [-0.05, 0) is 36.8 Å². The highest BCUT2D eigenvalue weighted by molar-refractivity contribution is 5.97. The SMILES string of the molecule is CCOC(=O)C(Cc1ccc(OCCC=C2c3occc3-c3ccoc32)cc1)OC. The fourth-order valence-electron chi connectivity index (χ4n) is 3.56. The molecular formula is C24H24O6. The molecule has 0 aliphatic heterocycles. The van der Waals surface area contributed by atoms with Gasteiger partial charge in [0.05, 0.1) is 31.3 Å². The van der Waals surface area contributed by atoms with Crippen molar-refractivity contribution in [3.05, 3.63) is 72.1 Å². The summed E-state index contributed by atoms with van der Waals surface area (Å²) in [5.41, 5.74) is 4.09. The van der Waals surface area contributed by atoms with Gasteiger partial charge in [0.2, 0.25) is 0 Å². The van der Waals surface area contributed by atoms with E-state index in [4.69, 9.17) is 23.0 Å². The Morgan fingerprint density at radius 3 is 2.30 bits per heavy atom. The number of ether oxygens (including phenoxy) is 3. The van der Waals surface area contributed by atoms with Gasteiger partial charge < -0.3 is 23.0 Å². The average molecular weight is 408 g/mol. The molecule has 0 radical (unpaired) electrons. The lowest BCUT2D eigenvalue weighted by Gasteiger charge is -2.14. The van der Waals surface area contributed by atoms with Gasteiger partial charge in [0.15, 0.2) is 6.10 Å². The quantitative estimate of drug-likeness (QED) is 0.291. The van der Waals surface area contributed by atoms with Gasteiger partial charge in [0.1, 0.15) is 17.3 Å². The zero-order valence-corrected chi connectivity index (χ0v) is 17.1. The third kappa shape index (κ3) is 4.04. The number of methoxy groups -OCH3 is 1. The van der Waals surface area contributed by atoms with Crippen molar-refractivity contribution < 1.29 is 27.8 Å². The van der Waals surface area contributed by atoms with Crippen molar-refractivity contribution in [3.8, 4) is 16.9 Å². The maximum atomic E-state index is 11.9. The standard InChI is InChI=1S/C24H24O6/c1-3-27-24(25)21(26-2)15-16-6-8-17(9-7-16)28-12-4-5-20-22-18(10-13-29-22)19-11-14-30-23(19)20/h5-11,13-14,21H,3-4,12,15H2,1-2H3. The Morgan fingerprint density at radius 2 is 1.70 bits per heavy atom. The fourth-order valence-corrected chi connectivity index (χ4v) is 3.56. The number of rotatable bonds is 9. The van der Waals surface area contributed by atoms with E-state index in [9.17, 15) is 4.79 Å². The highest BCUT2D eigenvalue weighted by atomic mass is 16.6. The van der Waals surface area contributed by atoms with E-state index in [1.54, 1.807) is 19.5 Å². The first kappa shape index (κ1) is 20.0. The zero-order chi connectivity index (χ0) is 20.9. The molecule has 0 amide bonds. The number of fused-ring (bicyclic) bond motifs is 3. The molecule has 1 aromatic carbocycles. The Hall–Kier alpha value is -3.25. The third-order valence-electron chi connectivity index (χ3n) is 5.02. The second kappa shape index (κ2) is 9.05. The van der Waals surface area contributed by atoms with Crippen LogP contribution in [0.4, 0.5) is 0 Å². The summed E-state index contributed by atoms with van der Waals surface area (Å²) >= 11 is 0. The van der Waals surface area contributed by atoms with Crippen LogP contribution in [0.3, 0.4) is 0 Å². The Labute approximate surface area is 175 Å². The largest absolute Gasteiger partial charge is 0.493 e. The van der Waals surface area contributed by atoms with Gasteiger partial charge in [0.25, 0.3) is 0 Å². The summed E-state index contributed by atoms with van der Waals surface area (Å²) in [6.07, 6.45) is 6.04. The van der Waals surface area contributed by atoms with Crippen LogP contribution in [-0.2, 0) is 20.7 Å². The van der Waals surface area contributed by atoms with Crippen molar-refractivity contribution in [2.45, 2.75) is 25.9 Å². The predicted octanol–water partition coefficient (Wildman–Crippen LogP) is 4.87. The summed E-state index contributed by atoms with van der Waals surface area (Å²) < 4.78 is 27.3. The molecule has 30 heavy (non-hydrogen) atoms. The molecule has 0 saturated heterocycles. The van der Waals surface area contributed by atoms with Crippen LogP contribution in [0.25, 0.3) is 16.7 Å². The Morgan fingerprint density at radius 1 is 1.03 bits per heavy atom. The monoisotopic (exact) mass is 408 g/mol. The topological polar surface area (TPSA) is 71.0 Å². The van der Waals surface area contributed by atoms with Gasteiger partial charge in [-0.3, -0.25) is 0 Å². The number of carbonyl (C=O) groups excluding carboxylic acids is 1. The molecule has 2 heterocycles. The first-order valence-corrected chi connectivity index (χ1v) is 9.98. The second-order valence-electron chi connectivity index (χ2n) is 6.91. The Balaban J connectivity index is 1.31. The lowest BCUT2D eigenvalue weighted by atomic mass is 10.1. The maximum Gasteiger partial charge on any atom is 0.335 e. The number of benzene rings is 1. The number of esters is 1. The predicted molar refractivity (Wildman–Crippen MR) is 111 cm³/mol. The molecule has 0 saturated carbocycles. The average Bonchev–Trinajstić information content (AvgIpc) is 3.46. The van der Waals surface area contributed by atoms with Crippen LogP contribution in [0.2, 0.25) is 0 Å². The molecule has 1 aliphatic carbocycles. The van der Waals surface area contributed by atoms with Gasteiger partial charge in [0, 0.05) is 31.1 Å². The third-order valence-corrected chi connectivity index (χ3v) is 5.02. The van der Waals surface area contributed by atoms with E-state index < -0.39 is 6.10 Å². The molecule has 0 bridgehead atoms.